The van der Waals surface area contributed by atoms with Crippen molar-refractivity contribution in [1.82, 2.24) is 20.4 Å². The standard InChI is InChI=1S/C13H24N4O2S/c1-7-9(17(5)6)11-15-16-12(19-11)20-8-10(18)14-13(2,3)4/h9H,7-8H2,1-6H3,(H,14,18)/t9-/m0/s1. The van der Waals surface area contributed by atoms with Crippen LogP contribution in [0.2, 0.25) is 0 Å². The summed E-state index contributed by atoms with van der Waals surface area (Å²) >= 11 is 1.26. The first-order valence-corrected chi connectivity index (χ1v) is 7.65. The summed E-state index contributed by atoms with van der Waals surface area (Å²) in [6, 6.07) is 0.111. The number of carbonyl (C=O) groups is 1. The largest absolute Gasteiger partial charge is 0.414 e. The number of hydrogen-bond donors (Lipinski definition) is 1. The lowest BCUT2D eigenvalue weighted by atomic mass is 10.1. The van der Waals surface area contributed by atoms with Gasteiger partial charge in [-0.25, -0.2) is 0 Å². The van der Waals surface area contributed by atoms with E-state index in [-0.39, 0.29) is 23.2 Å². The van der Waals surface area contributed by atoms with Crippen molar-refractivity contribution in [1.29, 1.82) is 0 Å². The van der Waals surface area contributed by atoms with Gasteiger partial charge in [-0.1, -0.05) is 18.7 Å². The number of carbonyl (C=O) groups excluding carboxylic acids is 1. The van der Waals surface area contributed by atoms with Gasteiger partial charge in [-0.15, -0.1) is 10.2 Å². The summed E-state index contributed by atoms with van der Waals surface area (Å²) < 4.78 is 5.60. The first-order chi connectivity index (χ1) is 9.23. The summed E-state index contributed by atoms with van der Waals surface area (Å²) in [5, 5.41) is 11.4. The Bertz CT molecular complexity index is 440. The number of thioether (sulfide) groups is 1. The minimum absolute atomic E-state index is 0.0399. The lowest BCUT2D eigenvalue weighted by Gasteiger charge is -2.20. The number of aromatic nitrogens is 2. The van der Waals surface area contributed by atoms with Crippen molar-refractivity contribution in [2.24, 2.45) is 0 Å². The predicted molar refractivity (Wildman–Crippen MR) is 79.6 cm³/mol. The lowest BCUT2D eigenvalue weighted by Crippen LogP contribution is -2.41. The fourth-order valence-corrected chi connectivity index (χ4v) is 2.33. The smallest absolute Gasteiger partial charge is 0.277 e. The lowest BCUT2D eigenvalue weighted by molar-refractivity contribution is -0.119. The van der Waals surface area contributed by atoms with Gasteiger partial charge in [-0.3, -0.25) is 9.69 Å². The Labute approximate surface area is 124 Å². The van der Waals surface area contributed by atoms with Gasteiger partial charge in [0.1, 0.15) is 0 Å². The van der Waals surface area contributed by atoms with Gasteiger partial charge >= 0.3 is 0 Å². The second kappa shape index (κ2) is 7.08. The molecule has 0 aromatic carbocycles. The van der Waals surface area contributed by atoms with E-state index in [0.29, 0.717) is 11.1 Å². The van der Waals surface area contributed by atoms with Gasteiger partial charge in [0.2, 0.25) is 11.8 Å². The normalized spacial score (nSPS) is 13.6. The molecular formula is C13H24N4O2S. The fourth-order valence-electron chi connectivity index (χ4n) is 1.76. The first kappa shape index (κ1) is 17.0. The minimum atomic E-state index is -0.226. The molecule has 114 valence electrons. The predicted octanol–water partition coefficient (Wildman–Crippen LogP) is 2.09. The average Bonchev–Trinajstić information content (AvgIpc) is 2.73. The molecule has 0 unspecified atom stereocenters. The molecule has 1 rings (SSSR count). The third kappa shape index (κ3) is 5.50. The van der Waals surface area contributed by atoms with Crippen molar-refractivity contribution < 1.29 is 9.21 Å². The van der Waals surface area contributed by atoms with E-state index >= 15 is 0 Å². The molecule has 1 amide bonds. The van der Waals surface area contributed by atoms with Crippen LogP contribution in [0.4, 0.5) is 0 Å². The van der Waals surface area contributed by atoms with Gasteiger partial charge in [-0.2, -0.15) is 0 Å². The summed E-state index contributed by atoms with van der Waals surface area (Å²) in [5.41, 5.74) is -0.226. The van der Waals surface area contributed by atoms with E-state index in [1.54, 1.807) is 0 Å². The van der Waals surface area contributed by atoms with Crippen molar-refractivity contribution in [3.63, 3.8) is 0 Å². The zero-order valence-electron chi connectivity index (χ0n) is 13.1. The first-order valence-electron chi connectivity index (χ1n) is 6.66. The van der Waals surface area contributed by atoms with E-state index in [1.165, 1.54) is 11.8 Å². The number of rotatable bonds is 6. The maximum atomic E-state index is 11.7. The zero-order chi connectivity index (χ0) is 15.3. The van der Waals surface area contributed by atoms with Crippen LogP contribution in [0.1, 0.15) is 46.0 Å². The second-order valence-corrected chi connectivity index (χ2v) is 6.81. The van der Waals surface area contributed by atoms with E-state index in [2.05, 4.69) is 22.4 Å². The zero-order valence-corrected chi connectivity index (χ0v) is 13.9. The molecular weight excluding hydrogens is 276 g/mol. The fraction of sp³-hybridized carbons (Fsp3) is 0.769. The number of nitrogens with one attached hydrogen (secondary N) is 1. The molecule has 0 bridgehead atoms. The topological polar surface area (TPSA) is 71.3 Å². The molecule has 0 fully saturated rings. The molecule has 6 nitrogen and oxygen atoms in total. The van der Waals surface area contributed by atoms with E-state index in [9.17, 15) is 4.79 Å². The third-order valence-electron chi connectivity index (χ3n) is 2.56. The quantitative estimate of drug-likeness (QED) is 0.811. The molecule has 0 saturated carbocycles. The molecule has 0 aliphatic carbocycles. The molecule has 0 radical (unpaired) electrons. The number of hydrogen-bond acceptors (Lipinski definition) is 6. The molecule has 1 aromatic heterocycles. The molecule has 0 aliphatic rings. The van der Waals surface area contributed by atoms with Crippen LogP contribution in [0.15, 0.2) is 9.64 Å². The molecule has 1 atom stereocenters. The highest BCUT2D eigenvalue weighted by molar-refractivity contribution is 7.99. The van der Waals surface area contributed by atoms with Crippen LogP contribution in [0.25, 0.3) is 0 Å². The van der Waals surface area contributed by atoms with Gasteiger partial charge in [0.25, 0.3) is 5.22 Å². The maximum absolute atomic E-state index is 11.7. The Morgan fingerprint density at radius 1 is 1.40 bits per heavy atom. The summed E-state index contributed by atoms with van der Waals surface area (Å²) in [6.07, 6.45) is 0.893. The number of amides is 1. The molecule has 1 N–H and O–H groups in total. The summed E-state index contributed by atoms with van der Waals surface area (Å²) in [5.74, 6) is 0.829. The molecule has 0 aliphatic heterocycles. The van der Waals surface area contributed by atoms with E-state index in [0.717, 1.165) is 6.42 Å². The molecule has 0 spiro atoms. The summed E-state index contributed by atoms with van der Waals surface area (Å²) in [6.45, 7) is 7.91. The van der Waals surface area contributed by atoms with Gasteiger partial charge in [0.15, 0.2) is 0 Å². The molecule has 0 saturated heterocycles. The van der Waals surface area contributed by atoms with Crippen molar-refractivity contribution in [2.75, 3.05) is 19.8 Å². The maximum Gasteiger partial charge on any atom is 0.277 e. The molecule has 7 heteroatoms. The van der Waals surface area contributed by atoms with Gasteiger partial charge < -0.3 is 9.73 Å². The van der Waals surface area contributed by atoms with E-state index in [4.69, 9.17) is 4.42 Å². The van der Waals surface area contributed by atoms with E-state index in [1.807, 2.05) is 39.8 Å². The van der Waals surface area contributed by atoms with Crippen LogP contribution in [0.5, 0.6) is 0 Å². The van der Waals surface area contributed by atoms with Crippen LogP contribution in [0.3, 0.4) is 0 Å². The van der Waals surface area contributed by atoms with Crippen molar-refractivity contribution in [3.8, 4) is 0 Å². The highest BCUT2D eigenvalue weighted by atomic mass is 32.2. The average molecular weight is 300 g/mol. The Morgan fingerprint density at radius 2 is 2.05 bits per heavy atom. The Morgan fingerprint density at radius 3 is 2.55 bits per heavy atom. The highest BCUT2D eigenvalue weighted by Gasteiger charge is 2.20. The Hall–Kier alpha value is -1.08. The second-order valence-electron chi connectivity index (χ2n) is 5.88. The van der Waals surface area contributed by atoms with Crippen molar-refractivity contribution in [2.45, 2.75) is 50.9 Å². The summed E-state index contributed by atoms with van der Waals surface area (Å²) in [7, 11) is 3.95. The van der Waals surface area contributed by atoms with E-state index < -0.39 is 0 Å². The van der Waals surface area contributed by atoms with Crippen LogP contribution in [-0.4, -0.2) is 46.4 Å². The van der Waals surface area contributed by atoms with Gasteiger partial charge in [0.05, 0.1) is 11.8 Å². The monoisotopic (exact) mass is 300 g/mol. The Balaban J connectivity index is 2.54. The van der Waals surface area contributed by atoms with Crippen LogP contribution >= 0.6 is 11.8 Å². The Kier molecular flexibility index (Phi) is 6.01. The van der Waals surface area contributed by atoms with Gasteiger partial charge in [-0.05, 0) is 41.3 Å². The van der Waals surface area contributed by atoms with Crippen LogP contribution in [-0.2, 0) is 4.79 Å². The van der Waals surface area contributed by atoms with Crippen LogP contribution in [0, 0.1) is 0 Å². The highest BCUT2D eigenvalue weighted by Crippen LogP contribution is 2.24. The van der Waals surface area contributed by atoms with Crippen molar-refractivity contribution in [3.05, 3.63) is 5.89 Å². The SMILES string of the molecule is CC[C@@H](c1nnc(SCC(=O)NC(C)(C)C)o1)N(C)C. The molecule has 1 heterocycles. The van der Waals surface area contributed by atoms with Crippen molar-refractivity contribution >= 4 is 17.7 Å². The van der Waals surface area contributed by atoms with Crippen LogP contribution < -0.4 is 5.32 Å². The van der Waals surface area contributed by atoms with Gasteiger partial charge in [0, 0.05) is 5.54 Å². The molecule has 1 aromatic rings. The number of nitrogens with zero attached hydrogens (tertiary/aromatic N) is 3. The minimum Gasteiger partial charge on any atom is -0.414 e. The third-order valence-corrected chi connectivity index (χ3v) is 3.38. The molecule has 20 heavy (non-hydrogen) atoms. The summed E-state index contributed by atoms with van der Waals surface area (Å²) in [4.78, 5) is 13.7.